The molecule has 1 aliphatic rings. The molecule has 162 valence electrons. The summed E-state index contributed by atoms with van der Waals surface area (Å²) in [4.78, 5) is 29.0. The number of halogens is 1. The van der Waals surface area contributed by atoms with Crippen molar-refractivity contribution in [2.45, 2.75) is 13.0 Å². The molecule has 1 amide bonds. The average Bonchev–Trinajstić information content (AvgIpc) is 3.22. The van der Waals surface area contributed by atoms with E-state index in [1.165, 1.54) is 19.2 Å². The maximum absolute atomic E-state index is 13.1. The lowest BCUT2D eigenvalue weighted by Crippen LogP contribution is -2.52. The maximum Gasteiger partial charge on any atom is 0.359 e. The van der Waals surface area contributed by atoms with Crippen LogP contribution in [0.5, 0.6) is 0 Å². The fourth-order valence-corrected chi connectivity index (χ4v) is 3.78. The Labute approximate surface area is 179 Å². The molecular weight excluding hydrogens is 401 g/mol. The largest absolute Gasteiger partial charge is 0.464 e. The van der Waals surface area contributed by atoms with Crippen LogP contribution in [0, 0.1) is 5.82 Å². The van der Waals surface area contributed by atoms with Gasteiger partial charge in [0.25, 0.3) is 0 Å². The standard InChI is InChI=1S/C22H24FN5O3/c1-14(27-9-11-28(12-10-27)17-6-3-15(23)4-7-17)21(29)24-16-5-8-19-18(13-16)20(26-25-19)22(30)31-2/h3-8,13-14H,9-12H2,1-2H3,(H,24,29)(H,25,26). The average molecular weight is 425 g/mol. The first-order valence-corrected chi connectivity index (χ1v) is 10.1. The van der Waals surface area contributed by atoms with Crippen molar-refractivity contribution in [2.75, 3.05) is 43.5 Å². The summed E-state index contributed by atoms with van der Waals surface area (Å²) in [6, 6.07) is 11.4. The number of aromatic amines is 1. The van der Waals surface area contributed by atoms with Crippen LogP contribution in [0.2, 0.25) is 0 Å². The second-order valence-corrected chi connectivity index (χ2v) is 7.49. The predicted molar refractivity (Wildman–Crippen MR) is 116 cm³/mol. The van der Waals surface area contributed by atoms with E-state index in [-0.39, 0.29) is 23.5 Å². The van der Waals surface area contributed by atoms with Crippen LogP contribution in [0.15, 0.2) is 42.5 Å². The lowest BCUT2D eigenvalue weighted by molar-refractivity contribution is -0.120. The van der Waals surface area contributed by atoms with Gasteiger partial charge in [-0.05, 0) is 49.4 Å². The molecule has 1 aromatic heterocycles. The van der Waals surface area contributed by atoms with Gasteiger partial charge in [-0.2, -0.15) is 5.10 Å². The molecule has 0 aliphatic carbocycles. The molecule has 1 atom stereocenters. The second-order valence-electron chi connectivity index (χ2n) is 7.49. The highest BCUT2D eigenvalue weighted by atomic mass is 19.1. The number of H-pyrrole nitrogens is 1. The number of nitrogens with zero attached hydrogens (tertiary/aromatic N) is 3. The van der Waals surface area contributed by atoms with Crippen molar-refractivity contribution in [3.05, 3.63) is 54.0 Å². The first kappa shape index (κ1) is 20.8. The number of ether oxygens (including phenoxy) is 1. The molecule has 1 saturated heterocycles. The van der Waals surface area contributed by atoms with E-state index >= 15 is 0 Å². The summed E-state index contributed by atoms with van der Waals surface area (Å²) in [5.41, 5.74) is 2.43. The lowest BCUT2D eigenvalue weighted by Gasteiger charge is -2.38. The zero-order valence-electron chi connectivity index (χ0n) is 17.4. The number of aromatic nitrogens is 2. The molecule has 8 nitrogen and oxygen atoms in total. The molecule has 2 N–H and O–H groups in total. The minimum atomic E-state index is -0.540. The fourth-order valence-electron chi connectivity index (χ4n) is 3.78. The third-order valence-electron chi connectivity index (χ3n) is 5.64. The molecular formula is C22H24FN5O3. The molecule has 0 spiro atoms. The normalized spacial score (nSPS) is 15.6. The number of methoxy groups -OCH3 is 1. The maximum atomic E-state index is 13.1. The first-order valence-electron chi connectivity index (χ1n) is 10.1. The van der Waals surface area contributed by atoms with Gasteiger partial charge in [0.05, 0.1) is 18.7 Å². The predicted octanol–water partition coefficient (Wildman–Crippen LogP) is 2.64. The van der Waals surface area contributed by atoms with E-state index in [0.29, 0.717) is 16.6 Å². The van der Waals surface area contributed by atoms with Crippen LogP contribution in [0.3, 0.4) is 0 Å². The van der Waals surface area contributed by atoms with E-state index in [0.717, 1.165) is 31.9 Å². The first-order chi connectivity index (χ1) is 15.0. The number of carbonyl (C=O) groups is 2. The Kier molecular flexibility index (Phi) is 5.85. The molecule has 4 rings (SSSR count). The number of rotatable bonds is 5. The summed E-state index contributed by atoms with van der Waals surface area (Å²) in [6.45, 7) is 4.83. The van der Waals surface area contributed by atoms with Gasteiger partial charge in [0, 0.05) is 42.9 Å². The SMILES string of the molecule is COC(=O)c1n[nH]c2ccc(NC(=O)C(C)N3CCN(c4ccc(F)cc4)CC3)cc12. The van der Waals surface area contributed by atoms with Gasteiger partial charge in [0.1, 0.15) is 5.82 Å². The van der Waals surface area contributed by atoms with Crippen molar-refractivity contribution < 1.29 is 18.7 Å². The van der Waals surface area contributed by atoms with Crippen LogP contribution >= 0.6 is 0 Å². The molecule has 9 heteroatoms. The summed E-state index contributed by atoms with van der Waals surface area (Å²) < 4.78 is 17.9. The van der Waals surface area contributed by atoms with E-state index in [2.05, 4.69) is 25.3 Å². The van der Waals surface area contributed by atoms with Gasteiger partial charge in [-0.15, -0.1) is 0 Å². The van der Waals surface area contributed by atoms with Crippen molar-refractivity contribution in [3.63, 3.8) is 0 Å². The number of hydrogen-bond donors (Lipinski definition) is 2. The fraction of sp³-hybridized carbons (Fsp3) is 0.318. The summed E-state index contributed by atoms with van der Waals surface area (Å²) in [7, 11) is 1.30. The Balaban J connectivity index is 1.38. The Bertz CT molecular complexity index is 1090. The highest BCUT2D eigenvalue weighted by molar-refractivity contribution is 6.04. The molecule has 0 radical (unpaired) electrons. The molecule has 2 heterocycles. The van der Waals surface area contributed by atoms with E-state index in [1.807, 2.05) is 6.92 Å². The zero-order valence-corrected chi connectivity index (χ0v) is 17.4. The molecule has 31 heavy (non-hydrogen) atoms. The number of benzene rings is 2. The van der Waals surface area contributed by atoms with Crippen molar-refractivity contribution >= 4 is 34.2 Å². The number of amides is 1. The minimum Gasteiger partial charge on any atom is -0.464 e. The Morgan fingerprint density at radius 1 is 1.13 bits per heavy atom. The molecule has 1 aliphatic heterocycles. The van der Waals surface area contributed by atoms with E-state index < -0.39 is 5.97 Å². The Hall–Kier alpha value is -3.46. The molecule has 2 aromatic carbocycles. The van der Waals surface area contributed by atoms with Crippen LogP contribution in [0.1, 0.15) is 17.4 Å². The van der Waals surface area contributed by atoms with Crippen LogP contribution in [0.25, 0.3) is 10.9 Å². The number of carbonyl (C=O) groups excluding carboxylic acids is 2. The van der Waals surface area contributed by atoms with Crippen molar-refractivity contribution in [3.8, 4) is 0 Å². The summed E-state index contributed by atoms with van der Waals surface area (Å²) in [5, 5.41) is 10.3. The molecule has 0 saturated carbocycles. The monoisotopic (exact) mass is 425 g/mol. The topological polar surface area (TPSA) is 90.6 Å². The number of fused-ring (bicyclic) bond motifs is 1. The number of hydrogen-bond acceptors (Lipinski definition) is 6. The Morgan fingerprint density at radius 3 is 2.52 bits per heavy atom. The third-order valence-corrected chi connectivity index (χ3v) is 5.64. The van der Waals surface area contributed by atoms with Gasteiger partial charge >= 0.3 is 5.97 Å². The van der Waals surface area contributed by atoms with Crippen LogP contribution in [-0.2, 0) is 9.53 Å². The van der Waals surface area contributed by atoms with Gasteiger partial charge in [0.2, 0.25) is 5.91 Å². The minimum absolute atomic E-state index is 0.127. The summed E-state index contributed by atoms with van der Waals surface area (Å²) in [5.74, 6) is -0.917. The third kappa shape index (κ3) is 4.36. The Morgan fingerprint density at radius 2 is 1.84 bits per heavy atom. The van der Waals surface area contributed by atoms with Crippen molar-refractivity contribution in [1.82, 2.24) is 15.1 Å². The number of anilines is 2. The molecule has 1 unspecified atom stereocenters. The highest BCUT2D eigenvalue weighted by Gasteiger charge is 2.26. The smallest absolute Gasteiger partial charge is 0.359 e. The van der Waals surface area contributed by atoms with Crippen LogP contribution in [0.4, 0.5) is 15.8 Å². The van der Waals surface area contributed by atoms with Crippen molar-refractivity contribution in [2.24, 2.45) is 0 Å². The summed E-state index contributed by atoms with van der Waals surface area (Å²) in [6.07, 6.45) is 0. The van der Waals surface area contributed by atoms with E-state index in [4.69, 9.17) is 4.74 Å². The quantitative estimate of drug-likeness (QED) is 0.611. The molecule has 3 aromatic rings. The van der Waals surface area contributed by atoms with Gasteiger partial charge < -0.3 is 15.0 Å². The number of nitrogens with one attached hydrogen (secondary N) is 2. The molecule has 0 bridgehead atoms. The number of esters is 1. The van der Waals surface area contributed by atoms with E-state index in [1.54, 1.807) is 30.3 Å². The van der Waals surface area contributed by atoms with Gasteiger partial charge in [-0.25, -0.2) is 9.18 Å². The van der Waals surface area contributed by atoms with Gasteiger partial charge in [0.15, 0.2) is 5.69 Å². The summed E-state index contributed by atoms with van der Waals surface area (Å²) >= 11 is 0. The van der Waals surface area contributed by atoms with Crippen LogP contribution < -0.4 is 10.2 Å². The van der Waals surface area contributed by atoms with E-state index in [9.17, 15) is 14.0 Å². The molecule has 1 fully saturated rings. The van der Waals surface area contributed by atoms with Gasteiger partial charge in [-0.1, -0.05) is 0 Å². The van der Waals surface area contributed by atoms with Crippen LogP contribution in [-0.4, -0.2) is 66.3 Å². The van der Waals surface area contributed by atoms with Crippen molar-refractivity contribution in [1.29, 1.82) is 0 Å². The number of piperazine rings is 1. The van der Waals surface area contributed by atoms with Gasteiger partial charge in [-0.3, -0.25) is 14.8 Å². The zero-order chi connectivity index (χ0) is 22.0. The second kappa shape index (κ2) is 8.73. The lowest BCUT2D eigenvalue weighted by atomic mass is 10.1. The highest BCUT2D eigenvalue weighted by Crippen LogP contribution is 2.22.